The summed E-state index contributed by atoms with van der Waals surface area (Å²) in [7, 11) is 2.02. The minimum absolute atomic E-state index is 0.673. The van der Waals surface area contributed by atoms with E-state index in [4.69, 9.17) is 11.6 Å². The van der Waals surface area contributed by atoms with Crippen LogP contribution in [0.3, 0.4) is 0 Å². The molecule has 2 aromatic heterocycles. The molecule has 4 heteroatoms. The van der Waals surface area contributed by atoms with Crippen LogP contribution in [0.2, 0.25) is 5.02 Å². The van der Waals surface area contributed by atoms with Crippen molar-refractivity contribution < 1.29 is 0 Å². The van der Waals surface area contributed by atoms with Gasteiger partial charge in [-0.15, -0.1) is 0 Å². The first-order valence-corrected chi connectivity index (χ1v) is 5.54. The Morgan fingerprint density at radius 3 is 2.81 bits per heavy atom. The highest BCUT2D eigenvalue weighted by molar-refractivity contribution is 6.30. The standard InChI is InChI=1S/C12H14ClN3/c1-16-5-4-10(9-16)6-14-8-12-3-2-11(13)7-15-12/h2-5,7,9,14H,6,8H2,1H3. The van der Waals surface area contributed by atoms with Gasteiger partial charge in [0.25, 0.3) is 0 Å². The van der Waals surface area contributed by atoms with E-state index >= 15 is 0 Å². The number of hydrogen-bond acceptors (Lipinski definition) is 2. The Labute approximate surface area is 100 Å². The summed E-state index contributed by atoms with van der Waals surface area (Å²) in [5.41, 5.74) is 2.27. The summed E-state index contributed by atoms with van der Waals surface area (Å²) in [6, 6.07) is 5.89. The van der Waals surface area contributed by atoms with Crippen LogP contribution < -0.4 is 5.32 Å². The number of nitrogens with zero attached hydrogens (tertiary/aromatic N) is 2. The molecule has 0 radical (unpaired) electrons. The largest absolute Gasteiger partial charge is 0.357 e. The van der Waals surface area contributed by atoms with Crippen LogP contribution in [0.15, 0.2) is 36.8 Å². The highest BCUT2D eigenvalue weighted by atomic mass is 35.5. The fraction of sp³-hybridized carbons (Fsp3) is 0.250. The van der Waals surface area contributed by atoms with Crippen LogP contribution in [0.4, 0.5) is 0 Å². The Kier molecular flexibility index (Phi) is 3.59. The van der Waals surface area contributed by atoms with E-state index in [1.54, 1.807) is 6.20 Å². The van der Waals surface area contributed by atoms with E-state index in [9.17, 15) is 0 Å². The fourth-order valence-corrected chi connectivity index (χ4v) is 1.62. The van der Waals surface area contributed by atoms with E-state index in [-0.39, 0.29) is 0 Å². The second-order valence-electron chi connectivity index (χ2n) is 3.76. The van der Waals surface area contributed by atoms with Crippen LogP contribution in [-0.2, 0) is 20.1 Å². The minimum Gasteiger partial charge on any atom is -0.357 e. The molecule has 0 amide bonds. The lowest BCUT2D eigenvalue weighted by atomic mass is 10.3. The van der Waals surface area contributed by atoms with E-state index in [1.165, 1.54) is 5.56 Å². The van der Waals surface area contributed by atoms with Gasteiger partial charge in [0.1, 0.15) is 0 Å². The van der Waals surface area contributed by atoms with Crippen molar-refractivity contribution in [3.63, 3.8) is 0 Å². The molecular weight excluding hydrogens is 222 g/mol. The van der Waals surface area contributed by atoms with Crippen molar-refractivity contribution in [2.24, 2.45) is 7.05 Å². The smallest absolute Gasteiger partial charge is 0.0589 e. The van der Waals surface area contributed by atoms with E-state index < -0.39 is 0 Å². The third-order valence-electron chi connectivity index (χ3n) is 2.32. The summed E-state index contributed by atoms with van der Waals surface area (Å²) in [4.78, 5) is 4.22. The maximum atomic E-state index is 5.76. The quantitative estimate of drug-likeness (QED) is 0.882. The van der Waals surface area contributed by atoms with Gasteiger partial charge in [-0.3, -0.25) is 4.98 Å². The number of aromatic nitrogens is 2. The average Bonchev–Trinajstić information content (AvgIpc) is 2.67. The van der Waals surface area contributed by atoms with Gasteiger partial charge in [-0.25, -0.2) is 0 Å². The number of rotatable bonds is 4. The predicted octanol–water partition coefficient (Wildman–Crippen LogP) is 2.36. The Morgan fingerprint density at radius 2 is 2.19 bits per heavy atom. The van der Waals surface area contributed by atoms with Gasteiger partial charge in [0.2, 0.25) is 0 Å². The number of hydrogen-bond donors (Lipinski definition) is 1. The van der Waals surface area contributed by atoms with Crippen LogP contribution in [0.1, 0.15) is 11.3 Å². The maximum Gasteiger partial charge on any atom is 0.0589 e. The molecule has 0 aromatic carbocycles. The lowest BCUT2D eigenvalue weighted by Gasteiger charge is -2.02. The average molecular weight is 236 g/mol. The zero-order valence-electron chi connectivity index (χ0n) is 9.15. The third-order valence-corrected chi connectivity index (χ3v) is 2.54. The summed E-state index contributed by atoms with van der Waals surface area (Å²) in [6.45, 7) is 1.61. The fourth-order valence-electron chi connectivity index (χ4n) is 1.51. The molecule has 0 spiro atoms. The second kappa shape index (κ2) is 5.14. The molecule has 0 fully saturated rings. The van der Waals surface area contributed by atoms with Gasteiger partial charge >= 0.3 is 0 Å². The lowest BCUT2D eigenvalue weighted by Crippen LogP contribution is -2.13. The second-order valence-corrected chi connectivity index (χ2v) is 4.19. The van der Waals surface area contributed by atoms with E-state index in [0.717, 1.165) is 18.8 Å². The van der Waals surface area contributed by atoms with Crippen molar-refractivity contribution >= 4 is 11.6 Å². The minimum atomic E-state index is 0.673. The molecule has 16 heavy (non-hydrogen) atoms. The number of aryl methyl sites for hydroxylation is 1. The predicted molar refractivity (Wildman–Crippen MR) is 65.2 cm³/mol. The topological polar surface area (TPSA) is 29.9 Å². The molecule has 2 rings (SSSR count). The lowest BCUT2D eigenvalue weighted by molar-refractivity contribution is 0.679. The van der Waals surface area contributed by atoms with E-state index in [0.29, 0.717) is 5.02 Å². The molecule has 2 aromatic rings. The number of pyridine rings is 1. The van der Waals surface area contributed by atoms with Crippen molar-refractivity contribution in [3.05, 3.63) is 53.1 Å². The van der Waals surface area contributed by atoms with Crippen molar-refractivity contribution in [2.75, 3.05) is 0 Å². The van der Waals surface area contributed by atoms with Crippen LogP contribution in [0.25, 0.3) is 0 Å². The molecule has 0 bridgehead atoms. The molecule has 0 aliphatic carbocycles. The van der Waals surface area contributed by atoms with Gasteiger partial charge in [0, 0.05) is 38.7 Å². The molecule has 2 heterocycles. The normalized spacial score (nSPS) is 10.6. The van der Waals surface area contributed by atoms with Crippen LogP contribution >= 0.6 is 11.6 Å². The van der Waals surface area contributed by atoms with Gasteiger partial charge in [-0.05, 0) is 23.8 Å². The SMILES string of the molecule is Cn1ccc(CNCc2ccc(Cl)cn2)c1. The number of nitrogens with one attached hydrogen (secondary N) is 1. The summed E-state index contributed by atoms with van der Waals surface area (Å²) >= 11 is 5.76. The van der Waals surface area contributed by atoms with Crippen molar-refractivity contribution in [3.8, 4) is 0 Å². The highest BCUT2D eigenvalue weighted by Crippen LogP contribution is 2.06. The Bertz CT molecular complexity index is 448. The zero-order valence-corrected chi connectivity index (χ0v) is 9.91. The van der Waals surface area contributed by atoms with Gasteiger partial charge in [-0.1, -0.05) is 11.6 Å². The molecule has 0 saturated heterocycles. The first-order valence-electron chi connectivity index (χ1n) is 5.16. The molecule has 1 N–H and O–H groups in total. The molecule has 3 nitrogen and oxygen atoms in total. The highest BCUT2D eigenvalue weighted by Gasteiger charge is 1.96. The van der Waals surface area contributed by atoms with Gasteiger partial charge in [0.15, 0.2) is 0 Å². The molecule has 0 aliphatic rings. The molecular formula is C12H14ClN3. The summed E-state index contributed by atoms with van der Waals surface area (Å²) in [6.07, 6.45) is 5.81. The summed E-state index contributed by atoms with van der Waals surface area (Å²) < 4.78 is 2.04. The Morgan fingerprint density at radius 1 is 1.31 bits per heavy atom. The van der Waals surface area contributed by atoms with Gasteiger partial charge in [-0.2, -0.15) is 0 Å². The summed E-state index contributed by atoms with van der Waals surface area (Å²) in [5.74, 6) is 0. The van der Waals surface area contributed by atoms with Gasteiger partial charge < -0.3 is 9.88 Å². The molecule has 0 unspecified atom stereocenters. The zero-order chi connectivity index (χ0) is 11.4. The van der Waals surface area contributed by atoms with Crippen LogP contribution in [0, 0.1) is 0 Å². The first kappa shape index (κ1) is 11.2. The van der Waals surface area contributed by atoms with Crippen molar-refractivity contribution in [2.45, 2.75) is 13.1 Å². The molecule has 0 aliphatic heterocycles. The van der Waals surface area contributed by atoms with Crippen LogP contribution in [-0.4, -0.2) is 9.55 Å². The van der Waals surface area contributed by atoms with Crippen molar-refractivity contribution in [1.82, 2.24) is 14.9 Å². The van der Waals surface area contributed by atoms with E-state index in [1.807, 2.05) is 29.9 Å². The molecule has 0 saturated carbocycles. The third kappa shape index (κ3) is 3.08. The maximum absolute atomic E-state index is 5.76. The van der Waals surface area contributed by atoms with Crippen molar-refractivity contribution in [1.29, 1.82) is 0 Å². The van der Waals surface area contributed by atoms with Crippen LogP contribution in [0.5, 0.6) is 0 Å². The molecule has 0 atom stereocenters. The Balaban J connectivity index is 1.82. The van der Waals surface area contributed by atoms with E-state index in [2.05, 4.69) is 22.6 Å². The Hall–Kier alpha value is -1.32. The first-order chi connectivity index (χ1) is 7.74. The summed E-state index contributed by atoms with van der Waals surface area (Å²) in [5, 5.41) is 4.00. The number of halogens is 1. The molecule has 84 valence electrons. The van der Waals surface area contributed by atoms with Gasteiger partial charge in [0.05, 0.1) is 10.7 Å². The monoisotopic (exact) mass is 235 g/mol.